The number of hydrogen-bond acceptors (Lipinski definition) is 11. The molecule has 0 aliphatic rings. The van der Waals surface area contributed by atoms with E-state index < -0.39 is 46.0 Å². The molecule has 2 heterocycles. The highest BCUT2D eigenvalue weighted by molar-refractivity contribution is 7.87. The van der Waals surface area contributed by atoms with E-state index in [0.717, 1.165) is 44.5 Å². The number of nitrogens with zero attached hydrogens (tertiary/aromatic N) is 6. The minimum absolute atomic E-state index is 0.313. The van der Waals surface area contributed by atoms with Gasteiger partial charge in [0, 0.05) is 42.4 Å². The molecule has 0 aliphatic carbocycles. The van der Waals surface area contributed by atoms with E-state index in [0.29, 0.717) is 42.4 Å². The van der Waals surface area contributed by atoms with Crippen LogP contribution in [0.25, 0.3) is 0 Å². The third-order valence-corrected chi connectivity index (χ3v) is 25.2. The van der Waals surface area contributed by atoms with Gasteiger partial charge in [0.25, 0.3) is 5.78 Å². The zero-order valence-corrected chi connectivity index (χ0v) is 48.1. The van der Waals surface area contributed by atoms with Crippen LogP contribution in [0.15, 0.2) is 194 Å². The van der Waals surface area contributed by atoms with Crippen molar-refractivity contribution in [3.8, 4) is 0 Å². The fourth-order valence-electron chi connectivity index (χ4n) is 9.13. The highest BCUT2D eigenvalue weighted by Crippen LogP contribution is 2.46. The lowest BCUT2D eigenvalue weighted by atomic mass is 10.2. The van der Waals surface area contributed by atoms with Crippen molar-refractivity contribution >= 4 is 99.0 Å². The molecule has 15 heteroatoms. The van der Waals surface area contributed by atoms with E-state index in [1.165, 1.54) is 0 Å². The zero-order chi connectivity index (χ0) is 55.1. The minimum Gasteiger partial charge on any atom is -0.305 e. The van der Waals surface area contributed by atoms with E-state index in [1.807, 2.05) is 152 Å². The second-order valence-electron chi connectivity index (χ2n) is 20.0. The number of hydrogen-bond donors (Lipinski definition) is 0. The van der Waals surface area contributed by atoms with Gasteiger partial charge in [0.1, 0.15) is 0 Å². The average molecular weight is 1100 g/mol. The van der Waals surface area contributed by atoms with E-state index in [1.54, 1.807) is 97.1 Å². The van der Waals surface area contributed by atoms with Crippen LogP contribution >= 0.6 is 28.6 Å². The van der Waals surface area contributed by atoms with Crippen LogP contribution in [-0.2, 0) is 18.3 Å². The van der Waals surface area contributed by atoms with Crippen LogP contribution in [0, 0.1) is 55.4 Å². The van der Waals surface area contributed by atoms with Crippen molar-refractivity contribution in [1.29, 1.82) is 0 Å². The van der Waals surface area contributed by atoms with E-state index in [4.69, 9.17) is 29.9 Å². The summed E-state index contributed by atoms with van der Waals surface area (Å²) in [7, 11) is -16.8. The van der Waals surface area contributed by atoms with Gasteiger partial charge < -0.3 is 18.3 Å². The minimum atomic E-state index is -4.20. The Morgan fingerprint density at radius 3 is 0.487 bits per heavy atom. The number of benzene rings is 8. The Balaban J connectivity index is 1.32. The van der Waals surface area contributed by atoms with Crippen molar-refractivity contribution in [2.75, 3.05) is 0 Å². The largest absolute Gasteiger partial charge is 0.305 e. The molecule has 2 aromatic heterocycles. The Hall–Kier alpha value is -7.63. The first-order valence-electron chi connectivity index (χ1n) is 25.4. The number of aryl methyl sites for hydroxylation is 8. The van der Waals surface area contributed by atoms with Gasteiger partial charge in [-0.2, -0.15) is 0 Å². The number of ketones is 1. The SMILES string of the molecule is Cc1ccc(P(=O)(c2ccc(C)cc2)c2nc(C(=O)c3nc(P(=O)(c4ccc(C)cc4)c4ccc(C)cc4)nc(P(=O)(c4ccc(C)cc4)c4ccc(C)cc4)n3)nc(P(=O)(c3ccc(C)cc3)c3ccc(C)cc3)n2)cc1. The van der Waals surface area contributed by atoms with Gasteiger partial charge in [0.2, 0.25) is 62.5 Å². The van der Waals surface area contributed by atoms with E-state index >= 15 is 23.1 Å². The first-order chi connectivity index (χ1) is 37.3. The summed E-state index contributed by atoms with van der Waals surface area (Å²) in [5.41, 5.74) is 6.03. The summed E-state index contributed by atoms with van der Waals surface area (Å²) in [4.78, 5) is 45.6. The molecule has 10 rings (SSSR count). The lowest BCUT2D eigenvalue weighted by molar-refractivity contribution is 0.102. The van der Waals surface area contributed by atoms with Crippen LogP contribution in [0.4, 0.5) is 0 Å². The molecular formula is C63H56N6O5P4. The maximum absolute atomic E-state index is 16.6. The molecule has 0 spiro atoms. The van der Waals surface area contributed by atoms with Crippen LogP contribution in [0.5, 0.6) is 0 Å². The third kappa shape index (κ3) is 9.98. The average Bonchev–Trinajstić information content (AvgIpc) is 3.54. The van der Waals surface area contributed by atoms with Crippen LogP contribution < -0.4 is 64.7 Å². The molecule has 0 N–H and O–H groups in total. The molecule has 0 saturated carbocycles. The number of carbonyl (C=O) groups excluding carboxylic acids is 1. The maximum Gasteiger partial charge on any atom is 0.267 e. The molecule has 11 nitrogen and oxygen atoms in total. The molecule has 0 bridgehead atoms. The monoisotopic (exact) mass is 1100 g/mol. The lowest BCUT2D eigenvalue weighted by Gasteiger charge is -2.23. The molecule has 10 aromatic rings. The Morgan fingerprint density at radius 1 is 0.231 bits per heavy atom. The standard InChI is InChI=1S/C63H56N6O5P4/c1-41-9-25-49(26-10-41)75(71,50-27-11-42(2)12-28-50)60-64-58(65-61(68-60)76(72,51-29-13-43(3)14-30-51)52-31-15-44(4)16-32-52)57(70)59-66-62(77(73,53-33-17-45(5)18-34-53)54-35-19-46(6)20-36-54)69-63(67-59)78(74,55-37-21-47(7)22-38-55)56-39-23-48(8)24-40-56/h9-40H,1-8H3. The highest BCUT2D eigenvalue weighted by Gasteiger charge is 2.43. The Morgan fingerprint density at radius 2 is 0.359 bits per heavy atom. The van der Waals surface area contributed by atoms with E-state index in [2.05, 4.69) is 0 Å². The van der Waals surface area contributed by atoms with Gasteiger partial charge in [-0.3, -0.25) is 4.79 Å². The molecular weight excluding hydrogens is 1040 g/mol. The van der Waals surface area contributed by atoms with Crippen molar-refractivity contribution in [2.45, 2.75) is 55.4 Å². The second kappa shape index (κ2) is 21.3. The molecule has 0 amide bonds. The first-order valence-corrected chi connectivity index (χ1v) is 32.2. The molecule has 8 aromatic carbocycles. The normalized spacial score (nSPS) is 12.1. The lowest BCUT2D eigenvalue weighted by Crippen LogP contribution is -2.41. The van der Waals surface area contributed by atoms with Gasteiger partial charge >= 0.3 is 0 Å². The molecule has 0 fully saturated rings. The van der Waals surface area contributed by atoms with Crippen molar-refractivity contribution in [3.63, 3.8) is 0 Å². The summed E-state index contributed by atoms with van der Waals surface area (Å²) in [6, 6.07) is 57.3. The van der Waals surface area contributed by atoms with Crippen LogP contribution in [-0.4, -0.2) is 35.7 Å². The topological polar surface area (TPSA) is 163 Å². The quantitative estimate of drug-likeness (QED) is 0.0761. The summed E-state index contributed by atoms with van der Waals surface area (Å²) in [5.74, 6) is -2.24. The first kappa shape index (κ1) is 53.8. The number of aromatic nitrogens is 6. The van der Waals surface area contributed by atoms with Gasteiger partial charge in [-0.05, 0) is 55.4 Å². The third-order valence-electron chi connectivity index (χ3n) is 13.9. The van der Waals surface area contributed by atoms with Gasteiger partial charge in [-0.25, -0.2) is 29.9 Å². The molecule has 0 unspecified atom stereocenters. The smallest absolute Gasteiger partial charge is 0.267 e. The highest BCUT2D eigenvalue weighted by atomic mass is 31.2. The van der Waals surface area contributed by atoms with E-state index in [-0.39, 0.29) is 22.3 Å². The Kier molecular flexibility index (Phi) is 14.7. The molecule has 78 heavy (non-hydrogen) atoms. The van der Waals surface area contributed by atoms with Crippen LogP contribution in [0.2, 0.25) is 0 Å². The van der Waals surface area contributed by atoms with Crippen molar-refractivity contribution in [1.82, 2.24) is 29.9 Å². The zero-order valence-electron chi connectivity index (χ0n) is 44.5. The predicted octanol–water partition coefficient (Wildman–Crippen LogP) is 8.31. The summed E-state index contributed by atoms with van der Waals surface area (Å²) < 4.78 is 66.5. The molecule has 0 aliphatic heterocycles. The number of carbonyl (C=O) groups is 1. The summed E-state index contributed by atoms with van der Waals surface area (Å²) >= 11 is 0. The Bertz CT molecular complexity index is 3380. The van der Waals surface area contributed by atoms with Crippen molar-refractivity contribution in [2.24, 2.45) is 0 Å². The Labute approximate surface area is 455 Å². The second-order valence-corrected chi connectivity index (χ2v) is 30.6. The van der Waals surface area contributed by atoms with E-state index in [9.17, 15) is 0 Å². The molecule has 0 atom stereocenters. The summed E-state index contributed by atoms with van der Waals surface area (Å²) in [5, 5.41) is 2.83. The maximum atomic E-state index is 16.6. The van der Waals surface area contributed by atoms with Gasteiger partial charge in [-0.15, -0.1) is 0 Å². The fraction of sp³-hybridized carbons (Fsp3) is 0.127. The number of rotatable bonds is 14. The van der Waals surface area contributed by atoms with Crippen molar-refractivity contribution in [3.05, 3.63) is 250 Å². The fourth-order valence-corrected chi connectivity index (χ4v) is 18.8. The van der Waals surface area contributed by atoms with Crippen molar-refractivity contribution < 1.29 is 23.1 Å². The predicted molar refractivity (Wildman–Crippen MR) is 319 cm³/mol. The summed E-state index contributed by atoms with van der Waals surface area (Å²) in [6.45, 7) is 15.4. The molecule has 388 valence electrons. The van der Waals surface area contributed by atoms with Gasteiger partial charge in [0.05, 0.1) is 0 Å². The van der Waals surface area contributed by atoms with Gasteiger partial charge in [-0.1, -0.05) is 239 Å². The van der Waals surface area contributed by atoms with Gasteiger partial charge in [0.15, 0.2) is 0 Å². The molecule has 0 saturated heterocycles. The molecule has 0 radical (unpaired) electrons. The summed E-state index contributed by atoms with van der Waals surface area (Å²) in [6.07, 6.45) is 0. The van der Waals surface area contributed by atoms with Crippen LogP contribution in [0.1, 0.15) is 61.0 Å². The van der Waals surface area contributed by atoms with Crippen LogP contribution in [0.3, 0.4) is 0 Å².